The molecular formula is C16H20N2O2S. The van der Waals surface area contributed by atoms with Gasteiger partial charge in [0, 0.05) is 18.7 Å². The van der Waals surface area contributed by atoms with E-state index in [1.54, 1.807) is 18.4 Å². The molecule has 1 aliphatic carbocycles. The van der Waals surface area contributed by atoms with Crippen molar-refractivity contribution >= 4 is 33.1 Å². The van der Waals surface area contributed by atoms with Gasteiger partial charge in [-0.1, -0.05) is 0 Å². The normalized spacial score (nSPS) is 22.4. The van der Waals surface area contributed by atoms with Crippen LogP contribution in [0.15, 0.2) is 18.2 Å². The smallest absolute Gasteiger partial charge is 0.227 e. The van der Waals surface area contributed by atoms with E-state index in [1.165, 1.54) is 0 Å². The second-order valence-corrected chi connectivity index (χ2v) is 6.85. The van der Waals surface area contributed by atoms with Crippen LogP contribution in [0.5, 0.6) is 0 Å². The maximum absolute atomic E-state index is 12.3. The minimum absolute atomic E-state index is 0.101. The van der Waals surface area contributed by atoms with Crippen LogP contribution in [0.25, 0.3) is 10.2 Å². The number of ether oxygens (including phenoxy) is 1. The lowest BCUT2D eigenvalue weighted by molar-refractivity contribution is -0.121. The Hall–Kier alpha value is -1.46. The van der Waals surface area contributed by atoms with Crippen LogP contribution in [0.4, 0.5) is 5.69 Å². The molecule has 112 valence electrons. The maximum Gasteiger partial charge on any atom is 0.227 e. The molecule has 1 heterocycles. The van der Waals surface area contributed by atoms with Gasteiger partial charge in [-0.25, -0.2) is 4.98 Å². The van der Waals surface area contributed by atoms with Crippen molar-refractivity contribution in [3.8, 4) is 0 Å². The van der Waals surface area contributed by atoms with Crippen LogP contribution in [0.1, 0.15) is 30.7 Å². The van der Waals surface area contributed by atoms with Crippen LogP contribution in [0.2, 0.25) is 0 Å². The Morgan fingerprint density at radius 3 is 2.81 bits per heavy atom. The number of hydrogen-bond donors (Lipinski definition) is 1. The Labute approximate surface area is 128 Å². The SMILES string of the molecule is COC1CCC(C(=O)Nc2ccc3sc(C)nc3c2)CC1. The van der Waals surface area contributed by atoms with Gasteiger partial charge in [0.25, 0.3) is 0 Å². The number of anilines is 1. The van der Waals surface area contributed by atoms with Gasteiger partial charge in [0.15, 0.2) is 0 Å². The molecule has 1 saturated carbocycles. The van der Waals surface area contributed by atoms with Crippen LogP contribution in [0, 0.1) is 12.8 Å². The van der Waals surface area contributed by atoms with E-state index in [9.17, 15) is 4.79 Å². The van der Waals surface area contributed by atoms with Crippen LogP contribution in [-0.2, 0) is 9.53 Å². The highest BCUT2D eigenvalue weighted by molar-refractivity contribution is 7.18. The van der Waals surface area contributed by atoms with Crippen LogP contribution in [-0.4, -0.2) is 24.1 Å². The van der Waals surface area contributed by atoms with E-state index in [1.807, 2.05) is 25.1 Å². The molecule has 4 nitrogen and oxygen atoms in total. The highest BCUT2D eigenvalue weighted by Crippen LogP contribution is 2.28. The third-order valence-corrected chi connectivity index (χ3v) is 5.09. The van der Waals surface area contributed by atoms with Gasteiger partial charge in [0.1, 0.15) is 0 Å². The lowest BCUT2D eigenvalue weighted by Crippen LogP contribution is -2.29. The number of rotatable bonds is 3. The number of nitrogens with one attached hydrogen (secondary N) is 1. The van der Waals surface area contributed by atoms with E-state index in [0.717, 1.165) is 46.6 Å². The molecule has 1 fully saturated rings. The molecule has 21 heavy (non-hydrogen) atoms. The Morgan fingerprint density at radius 1 is 1.33 bits per heavy atom. The van der Waals surface area contributed by atoms with Crippen molar-refractivity contribution in [2.24, 2.45) is 5.92 Å². The Kier molecular flexibility index (Phi) is 4.22. The molecule has 0 spiro atoms. The minimum Gasteiger partial charge on any atom is -0.381 e. The Balaban J connectivity index is 1.65. The van der Waals surface area contributed by atoms with Crippen LogP contribution >= 0.6 is 11.3 Å². The number of aryl methyl sites for hydroxylation is 1. The average molecular weight is 304 g/mol. The second-order valence-electron chi connectivity index (χ2n) is 5.61. The zero-order valence-corrected chi connectivity index (χ0v) is 13.2. The van der Waals surface area contributed by atoms with Gasteiger partial charge in [-0.05, 0) is 50.8 Å². The Bertz CT molecular complexity index is 645. The molecule has 5 heteroatoms. The van der Waals surface area contributed by atoms with E-state index in [-0.39, 0.29) is 11.8 Å². The van der Waals surface area contributed by atoms with Gasteiger partial charge in [-0.3, -0.25) is 4.79 Å². The number of nitrogens with zero attached hydrogens (tertiary/aromatic N) is 1. The van der Waals surface area contributed by atoms with Crippen LogP contribution < -0.4 is 5.32 Å². The first kappa shape index (κ1) is 14.5. The summed E-state index contributed by atoms with van der Waals surface area (Å²) in [5.41, 5.74) is 1.80. The summed E-state index contributed by atoms with van der Waals surface area (Å²) in [6.45, 7) is 2.00. The van der Waals surface area contributed by atoms with Crippen molar-refractivity contribution in [1.29, 1.82) is 0 Å². The van der Waals surface area contributed by atoms with Gasteiger partial charge in [0.05, 0.1) is 21.3 Å². The topological polar surface area (TPSA) is 51.2 Å². The number of thiazole rings is 1. The molecule has 1 N–H and O–H groups in total. The third-order valence-electron chi connectivity index (χ3n) is 4.14. The monoisotopic (exact) mass is 304 g/mol. The highest BCUT2D eigenvalue weighted by atomic mass is 32.1. The fourth-order valence-corrected chi connectivity index (χ4v) is 3.73. The summed E-state index contributed by atoms with van der Waals surface area (Å²) in [4.78, 5) is 16.8. The summed E-state index contributed by atoms with van der Waals surface area (Å²) in [5, 5.41) is 4.08. The van der Waals surface area contributed by atoms with Crippen molar-refractivity contribution in [3.63, 3.8) is 0 Å². The zero-order chi connectivity index (χ0) is 14.8. The summed E-state index contributed by atoms with van der Waals surface area (Å²) in [6.07, 6.45) is 4.08. The minimum atomic E-state index is 0.101. The lowest BCUT2D eigenvalue weighted by atomic mass is 9.87. The first-order valence-electron chi connectivity index (χ1n) is 7.36. The van der Waals surface area contributed by atoms with E-state index >= 15 is 0 Å². The van der Waals surface area contributed by atoms with Gasteiger partial charge in [-0.15, -0.1) is 11.3 Å². The average Bonchev–Trinajstić information content (AvgIpc) is 2.86. The van der Waals surface area contributed by atoms with Gasteiger partial charge < -0.3 is 10.1 Å². The van der Waals surface area contributed by atoms with E-state index < -0.39 is 0 Å². The van der Waals surface area contributed by atoms with E-state index in [2.05, 4.69) is 10.3 Å². The van der Waals surface area contributed by atoms with E-state index in [0.29, 0.717) is 6.10 Å². The number of fused-ring (bicyclic) bond motifs is 1. The third kappa shape index (κ3) is 3.24. The van der Waals surface area contributed by atoms with Crippen LogP contribution in [0.3, 0.4) is 0 Å². The van der Waals surface area contributed by atoms with Crippen molar-refractivity contribution in [2.45, 2.75) is 38.7 Å². The first-order valence-corrected chi connectivity index (χ1v) is 8.18. The molecule has 1 aromatic carbocycles. The second kappa shape index (κ2) is 6.12. The number of hydrogen-bond acceptors (Lipinski definition) is 4. The quantitative estimate of drug-likeness (QED) is 0.939. The standard InChI is InChI=1S/C16H20N2O2S/c1-10-17-14-9-12(5-8-15(14)21-10)18-16(19)11-3-6-13(20-2)7-4-11/h5,8-9,11,13H,3-4,6-7H2,1-2H3,(H,18,19). The molecule has 0 atom stereocenters. The molecule has 0 aliphatic heterocycles. The fourth-order valence-electron chi connectivity index (χ4n) is 2.93. The van der Waals surface area contributed by atoms with Gasteiger partial charge in [0.2, 0.25) is 5.91 Å². The van der Waals surface area contributed by atoms with Crippen molar-refractivity contribution < 1.29 is 9.53 Å². The summed E-state index contributed by atoms with van der Waals surface area (Å²) < 4.78 is 6.51. The number of amides is 1. The number of carbonyl (C=O) groups is 1. The molecule has 0 bridgehead atoms. The largest absolute Gasteiger partial charge is 0.381 e. The van der Waals surface area contributed by atoms with Crippen molar-refractivity contribution in [2.75, 3.05) is 12.4 Å². The van der Waals surface area contributed by atoms with E-state index in [4.69, 9.17) is 4.74 Å². The van der Waals surface area contributed by atoms with Gasteiger partial charge in [-0.2, -0.15) is 0 Å². The molecule has 1 amide bonds. The van der Waals surface area contributed by atoms with Crippen molar-refractivity contribution in [1.82, 2.24) is 4.98 Å². The predicted octanol–water partition coefficient (Wildman–Crippen LogP) is 3.75. The molecule has 1 aromatic heterocycles. The number of carbonyl (C=O) groups excluding carboxylic acids is 1. The van der Waals surface area contributed by atoms with Crippen molar-refractivity contribution in [3.05, 3.63) is 23.2 Å². The molecular weight excluding hydrogens is 284 g/mol. The Morgan fingerprint density at radius 2 is 2.10 bits per heavy atom. The zero-order valence-electron chi connectivity index (χ0n) is 12.4. The lowest BCUT2D eigenvalue weighted by Gasteiger charge is -2.26. The molecule has 3 rings (SSSR count). The fraction of sp³-hybridized carbons (Fsp3) is 0.500. The summed E-state index contributed by atoms with van der Waals surface area (Å²) in [6, 6.07) is 5.94. The first-order chi connectivity index (χ1) is 10.2. The van der Waals surface area contributed by atoms with Gasteiger partial charge >= 0.3 is 0 Å². The molecule has 0 saturated heterocycles. The molecule has 1 aliphatic rings. The number of methoxy groups -OCH3 is 1. The molecule has 0 unspecified atom stereocenters. The summed E-state index contributed by atoms with van der Waals surface area (Å²) >= 11 is 1.67. The summed E-state index contributed by atoms with van der Waals surface area (Å²) in [7, 11) is 1.75. The maximum atomic E-state index is 12.3. The number of aromatic nitrogens is 1. The predicted molar refractivity (Wildman–Crippen MR) is 85.7 cm³/mol. The molecule has 2 aromatic rings. The highest BCUT2D eigenvalue weighted by Gasteiger charge is 2.26. The molecule has 0 radical (unpaired) electrons. The number of benzene rings is 1. The summed E-state index contributed by atoms with van der Waals surface area (Å²) in [5.74, 6) is 0.222.